The van der Waals surface area contributed by atoms with Crippen molar-refractivity contribution in [1.29, 1.82) is 0 Å². The second-order valence-corrected chi connectivity index (χ2v) is 5.20. The van der Waals surface area contributed by atoms with Crippen LogP contribution in [0.1, 0.15) is 15.9 Å². The van der Waals surface area contributed by atoms with E-state index in [1.165, 1.54) is 4.90 Å². The molecule has 0 aliphatic heterocycles. The number of amides is 1. The number of pyridine rings is 1. The first-order chi connectivity index (χ1) is 10.1. The van der Waals surface area contributed by atoms with Crippen LogP contribution in [0.5, 0.6) is 0 Å². The summed E-state index contributed by atoms with van der Waals surface area (Å²) in [6, 6.07) is 8.57. The number of carbonyl (C=O) groups is 1. The standard InChI is InChI=1S/C15H14Cl2N2O2/c16-13-5-1-4-12(14(13)17)15(21)19(7-8-20)10-11-3-2-6-18-9-11/h1-6,9,20H,7-8,10H2. The third-order valence-electron chi connectivity index (χ3n) is 2.94. The molecule has 2 rings (SSSR count). The van der Waals surface area contributed by atoms with Crippen LogP contribution in [0.3, 0.4) is 0 Å². The molecule has 6 heteroatoms. The van der Waals surface area contributed by atoms with Crippen molar-refractivity contribution in [1.82, 2.24) is 9.88 Å². The molecule has 2 aromatic rings. The molecule has 0 unspecified atom stereocenters. The first-order valence-corrected chi connectivity index (χ1v) is 7.12. The number of aliphatic hydroxyl groups excluding tert-OH is 1. The Balaban J connectivity index is 2.25. The van der Waals surface area contributed by atoms with Crippen molar-refractivity contribution in [2.45, 2.75) is 6.54 Å². The van der Waals surface area contributed by atoms with E-state index in [0.29, 0.717) is 17.1 Å². The quantitative estimate of drug-likeness (QED) is 0.919. The van der Waals surface area contributed by atoms with Crippen LogP contribution in [0.4, 0.5) is 0 Å². The van der Waals surface area contributed by atoms with Gasteiger partial charge in [0.05, 0.1) is 22.2 Å². The Kier molecular flexibility index (Phi) is 5.56. The second kappa shape index (κ2) is 7.41. The number of halogens is 2. The minimum absolute atomic E-state index is 0.135. The molecule has 0 bridgehead atoms. The first kappa shape index (κ1) is 15.8. The fourth-order valence-corrected chi connectivity index (χ4v) is 2.31. The van der Waals surface area contributed by atoms with E-state index < -0.39 is 0 Å². The Morgan fingerprint density at radius 1 is 1.24 bits per heavy atom. The van der Waals surface area contributed by atoms with E-state index in [1.807, 2.05) is 6.07 Å². The van der Waals surface area contributed by atoms with Crippen LogP contribution in [0, 0.1) is 0 Å². The van der Waals surface area contributed by atoms with E-state index in [9.17, 15) is 4.79 Å². The number of benzene rings is 1. The summed E-state index contributed by atoms with van der Waals surface area (Å²) < 4.78 is 0. The van der Waals surface area contributed by atoms with Gasteiger partial charge < -0.3 is 10.0 Å². The van der Waals surface area contributed by atoms with Crippen LogP contribution in [0.25, 0.3) is 0 Å². The van der Waals surface area contributed by atoms with Crippen LogP contribution in [0.2, 0.25) is 10.0 Å². The highest BCUT2D eigenvalue weighted by atomic mass is 35.5. The van der Waals surface area contributed by atoms with E-state index in [-0.39, 0.29) is 24.1 Å². The summed E-state index contributed by atoms with van der Waals surface area (Å²) in [6.45, 7) is 0.414. The normalized spacial score (nSPS) is 10.4. The highest BCUT2D eigenvalue weighted by molar-refractivity contribution is 6.43. The smallest absolute Gasteiger partial charge is 0.255 e. The summed E-state index contributed by atoms with van der Waals surface area (Å²) >= 11 is 12.0. The molecular weight excluding hydrogens is 311 g/mol. The summed E-state index contributed by atoms with van der Waals surface area (Å²) in [7, 11) is 0. The number of hydrogen-bond donors (Lipinski definition) is 1. The minimum atomic E-state index is -0.277. The highest BCUT2D eigenvalue weighted by Crippen LogP contribution is 2.26. The Morgan fingerprint density at radius 3 is 2.71 bits per heavy atom. The van der Waals surface area contributed by atoms with Gasteiger partial charge in [0.15, 0.2) is 0 Å². The van der Waals surface area contributed by atoms with Crippen LogP contribution in [-0.2, 0) is 6.54 Å². The van der Waals surface area contributed by atoms with E-state index in [2.05, 4.69) is 4.98 Å². The first-order valence-electron chi connectivity index (χ1n) is 6.36. The van der Waals surface area contributed by atoms with Gasteiger partial charge in [-0.3, -0.25) is 9.78 Å². The number of hydrogen-bond acceptors (Lipinski definition) is 3. The molecule has 0 fully saturated rings. The fraction of sp³-hybridized carbons (Fsp3) is 0.200. The maximum absolute atomic E-state index is 12.6. The van der Waals surface area contributed by atoms with Crippen molar-refractivity contribution >= 4 is 29.1 Å². The maximum Gasteiger partial charge on any atom is 0.255 e. The van der Waals surface area contributed by atoms with Gasteiger partial charge in [-0.2, -0.15) is 0 Å². The SMILES string of the molecule is O=C(c1cccc(Cl)c1Cl)N(CCO)Cc1cccnc1. The number of rotatable bonds is 5. The number of nitrogens with zero attached hydrogens (tertiary/aromatic N) is 2. The van der Waals surface area contributed by atoms with Gasteiger partial charge in [-0.15, -0.1) is 0 Å². The molecule has 0 saturated carbocycles. The van der Waals surface area contributed by atoms with Gasteiger partial charge in [0.2, 0.25) is 0 Å². The molecule has 1 heterocycles. The lowest BCUT2D eigenvalue weighted by Gasteiger charge is -2.22. The van der Waals surface area contributed by atoms with E-state index >= 15 is 0 Å². The molecule has 110 valence electrons. The summed E-state index contributed by atoms with van der Waals surface area (Å²) in [4.78, 5) is 18.1. The molecule has 0 spiro atoms. The Labute approximate surface area is 132 Å². The molecule has 4 nitrogen and oxygen atoms in total. The fourth-order valence-electron chi connectivity index (χ4n) is 1.92. The van der Waals surface area contributed by atoms with Gasteiger partial charge in [0.25, 0.3) is 5.91 Å². The van der Waals surface area contributed by atoms with E-state index in [1.54, 1.807) is 36.7 Å². The molecule has 0 radical (unpaired) electrons. The lowest BCUT2D eigenvalue weighted by Crippen LogP contribution is -2.33. The second-order valence-electron chi connectivity index (χ2n) is 4.41. The number of aromatic nitrogens is 1. The molecule has 1 aromatic heterocycles. The minimum Gasteiger partial charge on any atom is -0.395 e. The molecule has 1 N–H and O–H groups in total. The van der Waals surface area contributed by atoms with Gasteiger partial charge in [-0.1, -0.05) is 35.3 Å². The van der Waals surface area contributed by atoms with E-state index in [0.717, 1.165) is 5.56 Å². The van der Waals surface area contributed by atoms with Crippen molar-refractivity contribution in [3.8, 4) is 0 Å². The number of carbonyl (C=O) groups excluding carboxylic acids is 1. The highest BCUT2D eigenvalue weighted by Gasteiger charge is 2.19. The third-order valence-corrected chi connectivity index (χ3v) is 3.75. The summed E-state index contributed by atoms with van der Waals surface area (Å²) in [5.41, 5.74) is 1.19. The zero-order valence-electron chi connectivity index (χ0n) is 11.2. The van der Waals surface area contributed by atoms with Crippen LogP contribution >= 0.6 is 23.2 Å². The van der Waals surface area contributed by atoms with Gasteiger partial charge >= 0.3 is 0 Å². The van der Waals surface area contributed by atoms with Gasteiger partial charge in [-0.25, -0.2) is 0 Å². The molecule has 0 aliphatic carbocycles. The topological polar surface area (TPSA) is 53.4 Å². The molecule has 1 aromatic carbocycles. The molecule has 1 amide bonds. The summed E-state index contributed by atoms with van der Waals surface area (Å²) in [5, 5.41) is 9.71. The summed E-state index contributed by atoms with van der Waals surface area (Å²) in [6.07, 6.45) is 3.34. The van der Waals surface area contributed by atoms with Crippen LogP contribution < -0.4 is 0 Å². The van der Waals surface area contributed by atoms with Gasteiger partial charge in [0, 0.05) is 25.5 Å². The molecule has 0 atom stereocenters. The third kappa shape index (κ3) is 3.94. The maximum atomic E-state index is 12.6. The van der Waals surface area contributed by atoms with Crippen molar-refractivity contribution in [3.05, 3.63) is 63.9 Å². The Morgan fingerprint density at radius 2 is 2.05 bits per heavy atom. The van der Waals surface area contributed by atoms with Crippen molar-refractivity contribution in [2.24, 2.45) is 0 Å². The predicted octanol–water partition coefficient (Wildman–Crippen LogP) is 3.02. The molecule has 0 saturated heterocycles. The van der Waals surface area contributed by atoms with E-state index in [4.69, 9.17) is 28.3 Å². The average Bonchev–Trinajstić information content (AvgIpc) is 2.50. The van der Waals surface area contributed by atoms with Gasteiger partial charge in [0.1, 0.15) is 0 Å². The van der Waals surface area contributed by atoms with Crippen LogP contribution in [0.15, 0.2) is 42.7 Å². The van der Waals surface area contributed by atoms with Crippen LogP contribution in [-0.4, -0.2) is 34.0 Å². The zero-order valence-corrected chi connectivity index (χ0v) is 12.7. The molecular formula is C15H14Cl2N2O2. The number of aliphatic hydroxyl groups is 1. The monoisotopic (exact) mass is 324 g/mol. The Hall–Kier alpha value is -1.62. The average molecular weight is 325 g/mol. The zero-order chi connectivity index (χ0) is 15.2. The lowest BCUT2D eigenvalue weighted by atomic mass is 10.1. The molecule has 0 aliphatic rings. The molecule has 21 heavy (non-hydrogen) atoms. The predicted molar refractivity (Wildman–Crippen MR) is 82.5 cm³/mol. The van der Waals surface area contributed by atoms with Crippen molar-refractivity contribution in [3.63, 3.8) is 0 Å². The lowest BCUT2D eigenvalue weighted by molar-refractivity contribution is 0.0708. The largest absolute Gasteiger partial charge is 0.395 e. The van der Waals surface area contributed by atoms with Crippen molar-refractivity contribution < 1.29 is 9.90 Å². The Bertz CT molecular complexity index is 620. The summed E-state index contributed by atoms with van der Waals surface area (Å²) in [5.74, 6) is -0.277. The van der Waals surface area contributed by atoms with Crippen molar-refractivity contribution in [2.75, 3.05) is 13.2 Å². The van der Waals surface area contributed by atoms with Gasteiger partial charge in [-0.05, 0) is 23.8 Å².